The molecule has 0 N–H and O–H groups in total. The van der Waals surface area contributed by atoms with Crippen LogP contribution in [0, 0.1) is 11.3 Å². The molecule has 62 valence electrons. The summed E-state index contributed by atoms with van der Waals surface area (Å²) in [5, 5.41) is 8.35. The molecular formula is C7H3F2IN2. The van der Waals surface area contributed by atoms with Crippen molar-refractivity contribution in [3.8, 4) is 6.07 Å². The van der Waals surface area contributed by atoms with Gasteiger partial charge >= 0.3 is 3.93 Å². The fraction of sp³-hybridized carbons (Fsp3) is 0.143. The molecule has 1 rings (SSSR count). The van der Waals surface area contributed by atoms with Crippen LogP contribution >= 0.6 is 22.6 Å². The minimum absolute atomic E-state index is 0.277. The molecule has 0 saturated carbocycles. The molecule has 0 amide bonds. The van der Waals surface area contributed by atoms with Crippen LogP contribution in [-0.2, 0) is 3.93 Å². The zero-order chi connectivity index (χ0) is 9.19. The first-order valence-electron chi connectivity index (χ1n) is 2.97. The summed E-state index contributed by atoms with van der Waals surface area (Å²) in [4.78, 5) is 3.44. The molecule has 1 aromatic rings. The van der Waals surface area contributed by atoms with Gasteiger partial charge in [0, 0.05) is 28.8 Å². The lowest BCUT2D eigenvalue weighted by Gasteiger charge is -2.05. The van der Waals surface area contributed by atoms with E-state index < -0.39 is 3.93 Å². The molecule has 5 heteroatoms. The second-order valence-electron chi connectivity index (χ2n) is 2.04. The maximum absolute atomic E-state index is 12.5. The first-order chi connectivity index (χ1) is 5.54. The van der Waals surface area contributed by atoms with Crippen molar-refractivity contribution in [3.05, 3.63) is 29.6 Å². The third-order valence-electron chi connectivity index (χ3n) is 1.18. The predicted molar refractivity (Wildman–Crippen MR) is 46.9 cm³/mol. The molecule has 0 spiro atoms. The second-order valence-corrected chi connectivity index (χ2v) is 3.40. The van der Waals surface area contributed by atoms with Crippen LogP contribution in [0.5, 0.6) is 0 Å². The molecule has 2 nitrogen and oxygen atoms in total. The van der Waals surface area contributed by atoms with E-state index >= 15 is 0 Å². The van der Waals surface area contributed by atoms with Crippen molar-refractivity contribution in [2.24, 2.45) is 0 Å². The van der Waals surface area contributed by atoms with Crippen molar-refractivity contribution >= 4 is 22.6 Å². The van der Waals surface area contributed by atoms with Crippen molar-refractivity contribution in [2.45, 2.75) is 3.93 Å². The first kappa shape index (κ1) is 9.32. The standard InChI is InChI=1S/C7H3F2IN2/c8-7(9,10)6-2-1-5(3-11)4-12-6/h1-2,4H. The maximum Gasteiger partial charge on any atom is 0.337 e. The highest BCUT2D eigenvalue weighted by atomic mass is 127. The molecule has 1 heterocycles. The molecule has 0 unspecified atom stereocenters. The average molecular weight is 280 g/mol. The van der Waals surface area contributed by atoms with Crippen LogP contribution in [0.2, 0.25) is 0 Å². The molecule has 1 aromatic heterocycles. The van der Waals surface area contributed by atoms with Crippen molar-refractivity contribution in [1.29, 1.82) is 5.26 Å². The lowest BCUT2D eigenvalue weighted by Crippen LogP contribution is -2.04. The van der Waals surface area contributed by atoms with Gasteiger partial charge in [0.1, 0.15) is 11.8 Å². The minimum Gasteiger partial charge on any atom is -0.253 e. The van der Waals surface area contributed by atoms with Crippen LogP contribution in [0.3, 0.4) is 0 Å². The van der Waals surface area contributed by atoms with Gasteiger partial charge in [-0.3, -0.25) is 4.98 Å². The second kappa shape index (κ2) is 3.31. The van der Waals surface area contributed by atoms with E-state index in [1.807, 2.05) is 0 Å². The van der Waals surface area contributed by atoms with E-state index in [1.54, 1.807) is 6.07 Å². The first-order valence-corrected chi connectivity index (χ1v) is 4.05. The van der Waals surface area contributed by atoms with Gasteiger partial charge in [0.2, 0.25) is 0 Å². The van der Waals surface area contributed by atoms with Crippen LogP contribution in [0.25, 0.3) is 0 Å². The zero-order valence-electron chi connectivity index (χ0n) is 5.76. The molecule has 0 aromatic carbocycles. The number of alkyl halides is 3. The van der Waals surface area contributed by atoms with E-state index in [0.717, 1.165) is 34.9 Å². The molecule has 0 saturated heterocycles. The van der Waals surface area contributed by atoms with Gasteiger partial charge in [-0.1, -0.05) is 0 Å². The van der Waals surface area contributed by atoms with Crippen LogP contribution in [0.15, 0.2) is 18.3 Å². The highest BCUT2D eigenvalue weighted by Crippen LogP contribution is 2.33. The predicted octanol–water partition coefficient (Wildman–Crippen LogP) is 2.44. The van der Waals surface area contributed by atoms with E-state index in [2.05, 4.69) is 4.98 Å². The fourth-order valence-corrected chi connectivity index (χ4v) is 0.947. The molecule has 0 aliphatic carbocycles. The van der Waals surface area contributed by atoms with Gasteiger partial charge in [0.15, 0.2) is 0 Å². The number of nitrogens with zero attached hydrogens (tertiary/aromatic N) is 2. The van der Waals surface area contributed by atoms with Crippen LogP contribution < -0.4 is 0 Å². The fourth-order valence-electron chi connectivity index (χ4n) is 0.628. The highest BCUT2D eigenvalue weighted by Gasteiger charge is 2.28. The Labute approximate surface area is 81.4 Å². The van der Waals surface area contributed by atoms with Crippen LogP contribution in [0.4, 0.5) is 8.78 Å². The smallest absolute Gasteiger partial charge is 0.253 e. The molecule has 0 radical (unpaired) electrons. The molecule has 0 aliphatic rings. The average Bonchev–Trinajstić information content (AvgIpc) is 2.03. The van der Waals surface area contributed by atoms with E-state index in [4.69, 9.17) is 5.26 Å². The molecular weight excluding hydrogens is 277 g/mol. The number of rotatable bonds is 1. The third-order valence-corrected chi connectivity index (χ3v) is 1.74. The lowest BCUT2D eigenvalue weighted by molar-refractivity contribution is 0.122. The SMILES string of the molecule is N#Cc1ccc(C(F)(F)I)nc1. The van der Waals surface area contributed by atoms with Crippen molar-refractivity contribution < 1.29 is 8.78 Å². The zero-order valence-corrected chi connectivity index (χ0v) is 7.92. The topological polar surface area (TPSA) is 36.7 Å². The largest absolute Gasteiger partial charge is 0.337 e. The maximum atomic E-state index is 12.5. The van der Waals surface area contributed by atoms with Gasteiger partial charge in [0.25, 0.3) is 0 Å². The Balaban J connectivity index is 3.02. The molecule has 0 bridgehead atoms. The molecule has 0 atom stereocenters. The van der Waals surface area contributed by atoms with E-state index in [-0.39, 0.29) is 11.3 Å². The number of pyridine rings is 1. The summed E-state index contributed by atoms with van der Waals surface area (Å²) in [5.74, 6) is 0. The van der Waals surface area contributed by atoms with Crippen LogP contribution in [0.1, 0.15) is 11.3 Å². The quantitative estimate of drug-likeness (QED) is 0.585. The highest BCUT2D eigenvalue weighted by molar-refractivity contribution is 14.1. The van der Waals surface area contributed by atoms with E-state index in [9.17, 15) is 8.78 Å². The van der Waals surface area contributed by atoms with Crippen LogP contribution in [-0.4, -0.2) is 4.98 Å². The van der Waals surface area contributed by atoms with Gasteiger partial charge in [-0.05, 0) is 12.1 Å². The number of hydrogen-bond donors (Lipinski definition) is 0. The minimum atomic E-state index is -2.97. The lowest BCUT2D eigenvalue weighted by atomic mass is 10.3. The Kier molecular flexibility index (Phi) is 2.57. The Morgan fingerprint density at radius 2 is 2.17 bits per heavy atom. The Bertz CT molecular complexity index is 310. The van der Waals surface area contributed by atoms with Gasteiger partial charge < -0.3 is 0 Å². The molecule has 0 fully saturated rings. The Hall–Kier alpha value is -0.770. The summed E-state index contributed by atoms with van der Waals surface area (Å²) >= 11 is 0.988. The summed E-state index contributed by atoms with van der Waals surface area (Å²) in [6.07, 6.45) is 1.13. The third kappa shape index (κ3) is 2.11. The van der Waals surface area contributed by atoms with Gasteiger partial charge in [-0.2, -0.15) is 14.0 Å². The van der Waals surface area contributed by atoms with Crippen molar-refractivity contribution in [1.82, 2.24) is 4.98 Å². The summed E-state index contributed by atoms with van der Waals surface area (Å²) < 4.78 is 22.1. The number of nitriles is 1. The van der Waals surface area contributed by atoms with Crippen molar-refractivity contribution in [3.63, 3.8) is 0 Å². The van der Waals surface area contributed by atoms with Gasteiger partial charge in [-0.15, -0.1) is 0 Å². The summed E-state index contributed by atoms with van der Waals surface area (Å²) in [7, 11) is 0. The normalized spacial score (nSPS) is 10.8. The number of hydrogen-bond acceptors (Lipinski definition) is 2. The summed E-state index contributed by atoms with van der Waals surface area (Å²) in [6, 6.07) is 4.25. The molecule has 12 heavy (non-hydrogen) atoms. The van der Waals surface area contributed by atoms with E-state index in [0.29, 0.717) is 0 Å². The number of aromatic nitrogens is 1. The van der Waals surface area contributed by atoms with Crippen molar-refractivity contribution in [2.75, 3.05) is 0 Å². The molecule has 0 aliphatic heterocycles. The Morgan fingerprint density at radius 1 is 1.50 bits per heavy atom. The summed E-state index contributed by atoms with van der Waals surface area (Å²) in [5.41, 5.74) is -0.0542. The van der Waals surface area contributed by atoms with Gasteiger partial charge in [0.05, 0.1) is 5.56 Å². The number of halogens is 3. The monoisotopic (exact) mass is 280 g/mol. The van der Waals surface area contributed by atoms with Gasteiger partial charge in [-0.25, -0.2) is 0 Å². The Morgan fingerprint density at radius 3 is 2.50 bits per heavy atom. The van der Waals surface area contributed by atoms with E-state index in [1.165, 1.54) is 6.07 Å². The summed E-state index contributed by atoms with van der Waals surface area (Å²) in [6.45, 7) is 0.